The summed E-state index contributed by atoms with van der Waals surface area (Å²) in [6.07, 6.45) is 0. The summed E-state index contributed by atoms with van der Waals surface area (Å²) in [6, 6.07) is 13.7. The predicted molar refractivity (Wildman–Crippen MR) is 128 cm³/mol. The molecule has 33 heavy (non-hydrogen) atoms. The van der Waals surface area contributed by atoms with Crippen LogP contribution < -0.4 is 14.4 Å². The van der Waals surface area contributed by atoms with Gasteiger partial charge in [-0.05, 0) is 79.9 Å². The zero-order valence-electron chi connectivity index (χ0n) is 18.6. The van der Waals surface area contributed by atoms with E-state index in [1.165, 1.54) is 25.3 Å². The van der Waals surface area contributed by atoms with Crippen LogP contribution in [0.1, 0.15) is 16.7 Å². The fraction of sp³-hybridized carbons (Fsp3) is 0.208. The van der Waals surface area contributed by atoms with Gasteiger partial charge >= 0.3 is 0 Å². The van der Waals surface area contributed by atoms with Crippen LogP contribution in [0.4, 0.5) is 15.8 Å². The summed E-state index contributed by atoms with van der Waals surface area (Å²) in [7, 11) is -2.81. The number of nitrogens with one attached hydrogen (secondary N) is 1. The Morgan fingerprint density at radius 2 is 1.76 bits per heavy atom. The van der Waals surface area contributed by atoms with Gasteiger partial charge in [0.15, 0.2) is 0 Å². The Morgan fingerprint density at radius 3 is 2.39 bits per heavy atom. The third-order valence-electron chi connectivity index (χ3n) is 5.16. The van der Waals surface area contributed by atoms with Crippen LogP contribution in [0.5, 0.6) is 5.75 Å². The fourth-order valence-corrected chi connectivity index (χ4v) is 5.04. The van der Waals surface area contributed by atoms with Crippen LogP contribution in [0.2, 0.25) is 5.02 Å². The van der Waals surface area contributed by atoms with Crippen molar-refractivity contribution < 1.29 is 22.3 Å². The lowest BCUT2D eigenvalue weighted by atomic mass is 10.1. The Labute approximate surface area is 198 Å². The molecular weight excluding hydrogens is 467 g/mol. The van der Waals surface area contributed by atoms with Gasteiger partial charge in [-0.1, -0.05) is 23.7 Å². The smallest absolute Gasteiger partial charge is 0.268 e. The molecule has 0 fully saturated rings. The van der Waals surface area contributed by atoms with Gasteiger partial charge in [0.05, 0.1) is 17.8 Å². The lowest BCUT2D eigenvalue weighted by Gasteiger charge is -2.26. The zero-order chi connectivity index (χ0) is 24.3. The first-order valence-corrected chi connectivity index (χ1v) is 11.8. The minimum atomic E-state index is -4.19. The van der Waals surface area contributed by atoms with Gasteiger partial charge in [-0.25, -0.2) is 12.8 Å². The number of methoxy groups -OCH3 is 1. The Morgan fingerprint density at radius 1 is 1.03 bits per heavy atom. The van der Waals surface area contributed by atoms with Crippen LogP contribution in [0.25, 0.3) is 0 Å². The molecule has 0 aliphatic rings. The minimum absolute atomic E-state index is 0.0548. The van der Waals surface area contributed by atoms with E-state index in [1.807, 2.05) is 13.8 Å². The summed E-state index contributed by atoms with van der Waals surface area (Å²) in [5, 5.41) is 2.42. The number of aryl methyl sites for hydroxylation is 3. The average Bonchev–Trinajstić information content (AvgIpc) is 2.76. The van der Waals surface area contributed by atoms with E-state index >= 15 is 0 Å². The molecule has 0 aromatic heterocycles. The average molecular weight is 491 g/mol. The number of sulfonamides is 1. The van der Waals surface area contributed by atoms with Crippen molar-refractivity contribution in [1.82, 2.24) is 0 Å². The normalized spacial score (nSPS) is 11.2. The van der Waals surface area contributed by atoms with Crippen LogP contribution in [0, 0.1) is 26.6 Å². The van der Waals surface area contributed by atoms with Crippen molar-refractivity contribution in [1.29, 1.82) is 0 Å². The first-order chi connectivity index (χ1) is 15.5. The lowest BCUT2D eigenvalue weighted by molar-refractivity contribution is -0.114. The number of hydrogen-bond donors (Lipinski definition) is 1. The molecule has 3 aromatic carbocycles. The quantitative estimate of drug-likeness (QED) is 0.491. The summed E-state index contributed by atoms with van der Waals surface area (Å²) in [6.45, 7) is 5.02. The lowest BCUT2D eigenvalue weighted by Crippen LogP contribution is -2.38. The first kappa shape index (κ1) is 24.5. The van der Waals surface area contributed by atoms with Crippen LogP contribution >= 0.6 is 11.6 Å². The molecule has 0 saturated heterocycles. The molecule has 0 radical (unpaired) electrons. The molecule has 6 nitrogen and oxygen atoms in total. The highest BCUT2D eigenvalue weighted by atomic mass is 35.5. The van der Waals surface area contributed by atoms with Crippen LogP contribution in [0.3, 0.4) is 0 Å². The highest BCUT2D eigenvalue weighted by molar-refractivity contribution is 7.93. The minimum Gasteiger partial charge on any atom is -0.495 e. The molecule has 0 unspecified atom stereocenters. The maximum absolute atomic E-state index is 13.7. The summed E-state index contributed by atoms with van der Waals surface area (Å²) in [5.74, 6) is -1.08. The SMILES string of the molecule is COc1ccc(C)cc1S(=O)(=O)N(CC(=O)Nc1ccc(F)c(Cl)c1)c1ccc(C)c(C)c1. The molecular formula is C24H24ClFN2O4S. The van der Waals surface area contributed by atoms with Crippen molar-refractivity contribution in [2.45, 2.75) is 25.7 Å². The summed E-state index contributed by atoms with van der Waals surface area (Å²) >= 11 is 5.79. The van der Waals surface area contributed by atoms with Crippen molar-refractivity contribution >= 4 is 38.9 Å². The van der Waals surface area contributed by atoms with E-state index in [-0.39, 0.29) is 21.4 Å². The van der Waals surface area contributed by atoms with Gasteiger partial charge in [-0.3, -0.25) is 9.10 Å². The van der Waals surface area contributed by atoms with Crippen molar-refractivity contribution in [3.63, 3.8) is 0 Å². The summed E-state index contributed by atoms with van der Waals surface area (Å²) in [4.78, 5) is 12.8. The molecule has 3 rings (SSSR count). The molecule has 0 atom stereocenters. The van der Waals surface area contributed by atoms with E-state index in [9.17, 15) is 17.6 Å². The zero-order valence-corrected chi connectivity index (χ0v) is 20.2. The number of anilines is 2. The number of halogens is 2. The van der Waals surface area contributed by atoms with Gasteiger partial charge in [-0.15, -0.1) is 0 Å². The Balaban J connectivity index is 2.04. The first-order valence-electron chi connectivity index (χ1n) is 10.0. The Bertz CT molecular complexity index is 1310. The molecule has 1 N–H and O–H groups in total. The highest BCUT2D eigenvalue weighted by Crippen LogP contribution is 2.32. The van der Waals surface area contributed by atoms with Crippen molar-refractivity contribution in [3.8, 4) is 5.75 Å². The van der Waals surface area contributed by atoms with Crippen molar-refractivity contribution in [2.75, 3.05) is 23.3 Å². The van der Waals surface area contributed by atoms with Gasteiger partial charge in [-0.2, -0.15) is 0 Å². The second-order valence-electron chi connectivity index (χ2n) is 7.61. The van der Waals surface area contributed by atoms with Crippen molar-refractivity contribution in [3.05, 3.63) is 82.1 Å². The second kappa shape index (κ2) is 9.80. The topological polar surface area (TPSA) is 75.7 Å². The number of nitrogens with zero attached hydrogens (tertiary/aromatic N) is 1. The number of amides is 1. The van der Waals surface area contributed by atoms with E-state index in [0.717, 1.165) is 27.1 Å². The largest absolute Gasteiger partial charge is 0.495 e. The molecule has 174 valence electrons. The monoisotopic (exact) mass is 490 g/mol. The summed E-state index contributed by atoms with van der Waals surface area (Å²) in [5.41, 5.74) is 3.15. The number of ether oxygens (including phenoxy) is 1. The van der Waals surface area contributed by atoms with Gasteiger partial charge in [0.25, 0.3) is 10.0 Å². The number of carbonyl (C=O) groups is 1. The molecule has 0 spiro atoms. The number of carbonyl (C=O) groups excluding carboxylic acids is 1. The number of benzene rings is 3. The number of hydrogen-bond acceptors (Lipinski definition) is 4. The standard InChI is InChI=1S/C24H24ClFN2O4S/c1-15-5-10-22(32-4)23(11-15)33(30,31)28(19-8-6-16(2)17(3)12-19)14-24(29)27-18-7-9-21(26)20(25)13-18/h5-13H,14H2,1-4H3,(H,27,29). The van der Waals surface area contributed by atoms with Crippen LogP contribution in [0.15, 0.2) is 59.5 Å². The fourth-order valence-electron chi connectivity index (χ4n) is 3.20. The predicted octanol–water partition coefficient (Wildman–Crippen LogP) is 5.25. The molecule has 0 aliphatic heterocycles. The molecule has 1 amide bonds. The molecule has 0 aliphatic carbocycles. The third kappa shape index (κ3) is 5.46. The maximum Gasteiger partial charge on any atom is 0.268 e. The highest BCUT2D eigenvalue weighted by Gasteiger charge is 2.30. The third-order valence-corrected chi connectivity index (χ3v) is 7.24. The van der Waals surface area contributed by atoms with E-state index in [2.05, 4.69) is 5.32 Å². The van der Waals surface area contributed by atoms with Crippen LogP contribution in [-0.4, -0.2) is 28.0 Å². The molecule has 3 aromatic rings. The van der Waals surface area contributed by atoms with Gasteiger partial charge in [0, 0.05) is 5.69 Å². The summed E-state index contributed by atoms with van der Waals surface area (Å²) < 4.78 is 47.2. The van der Waals surface area contributed by atoms with Gasteiger partial charge in [0.2, 0.25) is 5.91 Å². The van der Waals surface area contributed by atoms with Crippen LogP contribution in [-0.2, 0) is 14.8 Å². The molecule has 9 heteroatoms. The number of rotatable bonds is 7. The van der Waals surface area contributed by atoms with E-state index < -0.39 is 28.3 Å². The van der Waals surface area contributed by atoms with E-state index in [0.29, 0.717) is 5.69 Å². The van der Waals surface area contributed by atoms with Gasteiger partial charge in [0.1, 0.15) is 23.0 Å². The van der Waals surface area contributed by atoms with Crippen molar-refractivity contribution in [2.24, 2.45) is 0 Å². The van der Waals surface area contributed by atoms with E-state index in [4.69, 9.17) is 16.3 Å². The molecule has 0 bridgehead atoms. The van der Waals surface area contributed by atoms with E-state index in [1.54, 1.807) is 37.3 Å². The molecule has 0 heterocycles. The Hall–Kier alpha value is -3.10. The molecule has 0 saturated carbocycles. The maximum atomic E-state index is 13.7. The second-order valence-corrected chi connectivity index (χ2v) is 9.85. The Kier molecular flexibility index (Phi) is 7.29. The van der Waals surface area contributed by atoms with Gasteiger partial charge < -0.3 is 10.1 Å².